The molecular formula is C9H19N3O4S. The van der Waals surface area contributed by atoms with Crippen LogP contribution < -0.4 is 10.5 Å². The summed E-state index contributed by atoms with van der Waals surface area (Å²) in [6.07, 6.45) is 1.19. The van der Waals surface area contributed by atoms with E-state index in [1.165, 1.54) is 0 Å². The maximum Gasteiger partial charge on any atom is 0.214 e. The first-order valence-electron chi connectivity index (χ1n) is 5.51. The molecule has 0 saturated carbocycles. The van der Waals surface area contributed by atoms with Crippen molar-refractivity contribution in [1.29, 1.82) is 0 Å². The summed E-state index contributed by atoms with van der Waals surface area (Å²) in [5.74, 6) is 0.00665. The van der Waals surface area contributed by atoms with Gasteiger partial charge in [-0.2, -0.15) is 0 Å². The summed E-state index contributed by atoms with van der Waals surface area (Å²) in [6.45, 7) is 2.62. The fraction of sp³-hybridized carbons (Fsp3) is 0.889. The lowest BCUT2D eigenvalue weighted by atomic mass is 10.2. The molecule has 0 bridgehead atoms. The molecule has 4 N–H and O–H groups in total. The highest BCUT2D eigenvalue weighted by molar-refractivity contribution is 7.90. The minimum absolute atomic E-state index is 0.00665. The molecule has 1 unspecified atom stereocenters. The van der Waals surface area contributed by atoms with E-state index in [2.05, 4.69) is 9.88 Å². The summed E-state index contributed by atoms with van der Waals surface area (Å²) in [7, 11) is -3.36. The number of nitrogens with zero attached hydrogens (tertiary/aromatic N) is 1. The zero-order valence-corrected chi connectivity index (χ0v) is 10.6. The monoisotopic (exact) mass is 265 g/mol. The Hall–Kier alpha value is -0.860. The molecule has 1 rings (SSSR count). The van der Waals surface area contributed by atoms with Crippen molar-refractivity contribution in [2.45, 2.75) is 37.5 Å². The molecule has 8 heteroatoms. The fourth-order valence-electron chi connectivity index (χ4n) is 1.76. The first-order chi connectivity index (χ1) is 7.95. The van der Waals surface area contributed by atoms with Crippen molar-refractivity contribution in [3.05, 3.63) is 0 Å². The van der Waals surface area contributed by atoms with Crippen LogP contribution >= 0.6 is 0 Å². The van der Waals surface area contributed by atoms with Crippen LogP contribution in [0.3, 0.4) is 0 Å². The van der Waals surface area contributed by atoms with Crippen molar-refractivity contribution in [3.8, 4) is 0 Å². The molecule has 0 aromatic rings. The van der Waals surface area contributed by atoms with E-state index in [-0.39, 0.29) is 12.3 Å². The first-order valence-corrected chi connectivity index (χ1v) is 7.05. The maximum absolute atomic E-state index is 12.0. The number of nitrogens with one attached hydrogen (secondary N) is 1. The molecule has 1 fully saturated rings. The summed E-state index contributed by atoms with van der Waals surface area (Å²) in [5.41, 5.74) is 5.32. The maximum atomic E-state index is 12.0. The molecule has 7 nitrogen and oxygen atoms in total. The first kappa shape index (κ1) is 14.2. The number of oxime groups is 1. The van der Waals surface area contributed by atoms with Gasteiger partial charge in [0, 0.05) is 25.7 Å². The van der Waals surface area contributed by atoms with Gasteiger partial charge < -0.3 is 15.7 Å². The summed E-state index contributed by atoms with van der Waals surface area (Å²) >= 11 is 0. The van der Waals surface area contributed by atoms with E-state index >= 15 is 0 Å². The van der Waals surface area contributed by atoms with Gasteiger partial charge in [0.15, 0.2) is 0 Å². The van der Waals surface area contributed by atoms with E-state index < -0.39 is 21.3 Å². The van der Waals surface area contributed by atoms with E-state index in [1.54, 1.807) is 6.92 Å². The average Bonchev–Trinajstić information content (AvgIpc) is 2.29. The molecule has 100 valence electrons. The Bertz CT molecular complexity index is 362. The zero-order valence-electron chi connectivity index (χ0n) is 9.80. The molecule has 0 aromatic heterocycles. The highest BCUT2D eigenvalue weighted by atomic mass is 32.2. The third-order valence-electron chi connectivity index (χ3n) is 2.62. The van der Waals surface area contributed by atoms with E-state index in [4.69, 9.17) is 15.7 Å². The summed E-state index contributed by atoms with van der Waals surface area (Å²) < 4.78 is 31.6. The van der Waals surface area contributed by atoms with Crippen molar-refractivity contribution < 1.29 is 18.4 Å². The number of amidine groups is 1. The Morgan fingerprint density at radius 2 is 2.18 bits per heavy atom. The molecule has 0 radical (unpaired) electrons. The van der Waals surface area contributed by atoms with Crippen molar-refractivity contribution >= 4 is 15.9 Å². The zero-order chi connectivity index (χ0) is 12.9. The molecule has 1 aliphatic heterocycles. The van der Waals surface area contributed by atoms with Crippen LogP contribution in [0.25, 0.3) is 0 Å². The van der Waals surface area contributed by atoms with Crippen molar-refractivity contribution in [2.24, 2.45) is 10.9 Å². The fourth-order valence-corrected chi connectivity index (χ4v) is 3.41. The van der Waals surface area contributed by atoms with Gasteiger partial charge in [0.1, 0.15) is 5.84 Å². The summed E-state index contributed by atoms with van der Waals surface area (Å²) in [5, 5.41) is 10.8. The van der Waals surface area contributed by atoms with Crippen molar-refractivity contribution in [2.75, 3.05) is 13.2 Å². The SMILES string of the molecule is CC(CC(N)=NO)NS(=O)(=O)C1CCOCC1. The van der Waals surface area contributed by atoms with E-state index in [0.717, 1.165) is 0 Å². The minimum Gasteiger partial charge on any atom is -0.409 e. The van der Waals surface area contributed by atoms with Gasteiger partial charge in [0.2, 0.25) is 10.0 Å². The van der Waals surface area contributed by atoms with E-state index in [1.807, 2.05) is 0 Å². The highest BCUT2D eigenvalue weighted by Crippen LogP contribution is 2.15. The smallest absolute Gasteiger partial charge is 0.214 e. The number of sulfonamides is 1. The Morgan fingerprint density at radius 3 is 2.71 bits per heavy atom. The topological polar surface area (TPSA) is 114 Å². The molecule has 0 aromatic carbocycles. The average molecular weight is 265 g/mol. The van der Waals surface area contributed by atoms with Gasteiger partial charge in [0.25, 0.3) is 0 Å². The van der Waals surface area contributed by atoms with Crippen LogP contribution in [0.2, 0.25) is 0 Å². The highest BCUT2D eigenvalue weighted by Gasteiger charge is 2.28. The second kappa shape index (κ2) is 6.18. The summed E-state index contributed by atoms with van der Waals surface area (Å²) in [6, 6.07) is -0.390. The molecule has 0 spiro atoms. The van der Waals surface area contributed by atoms with Crippen LogP contribution in [-0.4, -0.2) is 44.0 Å². The molecule has 1 atom stereocenters. The van der Waals surface area contributed by atoms with Gasteiger partial charge in [-0.25, -0.2) is 13.1 Å². The van der Waals surface area contributed by atoms with Crippen molar-refractivity contribution in [1.82, 2.24) is 4.72 Å². The van der Waals surface area contributed by atoms with Gasteiger partial charge in [-0.15, -0.1) is 0 Å². The Labute approximate surface area is 101 Å². The minimum atomic E-state index is -3.36. The molecule has 1 heterocycles. The predicted octanol–water partition coefficient (Wildman–Crippen LogP) is -0.390. The number of nitrogens with two attached hydrogens (primary N) is 1. The van der Waals surface area contributed by atoms with E-state index in [9.17, 15) is 8.42 Å². The molecule has 1 aliphatic rings. The Balaban J connectivity index is 2.53. The normalized spacial score (nSPS) is 21.4. The molecule has 0 amide bonds. The van der Waals surface area contributed by atoms with Crippen LogP contribution in [0.15, 0.2) is 5.16 Å². The number of rotatable bonds is 5. The van der Waals surface area contributed by atoms with Crippen LogP contribution in [0.5, 0.6) is 0 Å². The van der Waals surface area contributed by atoms with Gasteiger partial charge in [-0.1, -0.05) is 5.16 Å². The quantitative estimate of drug-likeness (QED) is 0.271. The van der Waals surface area contributed by atoms with Crippen LogP contribution in [-0.2, 0) is 14.8 Å². The Morgan fingerprint density at radius 1 is 1.59 bits per heavy atom. The van der Waals surface area contributed by atoms with Gasteiger partial charge in [-0.05, 0) is 19.8 Å². The lowest BCUT2D eigenvalue weighted by molar-refractivity contribution is 0.0981. The standard InChI is InChI=1S/C9H19N3O4S/c1-7(6-9(10)11-13)12-17(14,15)8-2-4-16-5-3-8/h7-8,12-13H,2-6H2,1H3,(H2,10,11). The second-order valence-corrected chi connectivity index (χ2v) is 6.16. The lowest BCUT2D eigenvalue weighted by Crippen LogP contribution is -2.43. The van der Waals surface area contributed by atoms with E-state index in [0.29, 0.717) is 26.1 Å². The molecule has 1 saturated heterocycles. The Kier molecular flexibility index (Phi) is 5.16. The number of hydrogen-bond acceptors (Lipinski definition) is 5. The number of ether oxygens (including phenoxy) is 1. The number of hydrogen-bond donors (Lipinski definition) is 3. The van der Waals surface area contributed by atoms with Crippen molar-refractivity contribution in [3.63, 3.8) is 0 Å². The molecule has 17 heavy (non-hydrogen) atoms. The van der Waals surface area contributed by atoms with Gasteiger partial charge >= 0.3 is 0 Å². The van der Waals surface area contributed by atoms with Gasteiger partial charge in [0.05, 0.1) is 5.25 Å². The van der Waals surface area contributed by atoms with Gasteiger partial charge in [-0.3, -0.25) is 0 Å². The van der Waals surface area contributed by atoms with Crippen LogP contribution in [0.4, 0.5) is 0 Å². The summed E-state index contributed by atoms with van der Waals surface area (Å²) in [4.78, 5) is 0. The lowest BCUT2D eigenvalue weighted by Gasteiger charge is -2.24. The largest absolute Gasteiger partial charge is 0.409 e. The third-order valence-corrected chi connectivity index (χ3v) is 4.70. The predicted molar refractivity (Wildman–Crippen MR) is 63.4 cm³/mol. The third kappa shape index (κ3) is 4.49. The molecular weight excluding hydrogens is 246 g/mol. The molecule has 0 aliphatic carbocycles. The van der Waals surface area contributed by atoms with Crippen LogP contribution in [0.1, 0.15) is 26.2 Å². The van der Waals surface area contributed by atoms with Crippen LogP contribution in [0, 0.1) is 0 Å². The second-order valence-electron chi connectivity index (χ2n) is 4.17.